The topological polar surface area (TPSA) is 40.1 Å². The van der Waals surface area contributed by atoms with Gasteiger partial charge in [-0.15, -0.1) is 24.0 Å². The van der Waals surface area contributed by atoms with Crippen molar-refractivity contribution < 1.29 is 4.74 Å². The van der Waals surface area contributed by atoms with Gasteiger partial charge in [-0.1, -0.05) is 18.2 Å². The second kappa shape index (κ2) is 11.5. The lowest BCUT2D eigenvalue weighted by atomic mass is 10.2. The molecule has 130 valence electrons. The molecule has 0 unspecified atom stereocenters. The highest BCUT2D eigenvalue weighted by atomic mass is 127. The molecule has 1 heterocycles. The zero-order chi connectivity index (χ0) is 15.6. The molecule has 1 saturated heterocycles. The molecule has 0 bridgehead atoms. The molecule has 1 N–H and O–H groups in total. The van der Waals surface area contributed by atoms with Gasteiger partial charge < -0.3 is 19.9 Å². The van der Waals surface area contributed by atoms with E-state index in [1.807, 2.05) is 14.0 Å². The number of ether oxygens (including phenoxy) is 1. The number of rotatable bonds is 6. The van der Waals surface area contributed by atoms with Crippen molar-refractivity contribution in [2.45, 2.75) is 13.3 Å². The number of hydrogen-bond donors (Lipinski definition) is 1. The normalized spacial score (nSPS) is 15.3. The van der Waals surface area contributed by atoms with Crippen molar-refractivity contribution >= 4 is 35.6 Å². The van der Waals surface area contributed by atoms with Crippen LogP contribution in [0.25, 0.3) is 0 Å². The zero-order valence-electron chi connectivity index (χ0n) is 14.2. The molecule has 0 aromatic heterocycles. The van der Waals surface area contributed by atoms with Gasteiger partial charge in [0.25, 0.3) is 0 Å². The van der Waals surface area contributed by atoms with Crippen LogP contribution in [0.15, 0.2) is 35.3 Å². The van der Waals surface area contributed by atoms with Crippen molar-refractivity contribution in [2.24, 2.45) is 4.99 Å². The van der Waals surface area contributed by atoms with E-state index in [4.69, 9.17) is 4.74 Å². The van der Waals surface area contributed by atoms with Crippen LogP contribution < -0.4 is 10.2 Å². The molecule has 0 spiro atoms. The third kappa shape index (κ3) is 6.55. The fraction of sp³-hybridized carbons (Fsp3) is 0.588. The molecular formula is C17H29IN4O. The van der Waals surface area contributed by atoms with Gasteiger partial charge in [-0.05, 0) is 25.5 Å². The maximum atomic E-state index is 5.36. The van der Waals surface area contributed by atoms with E-state index in [-0.39, 0.29) is 24.0 Å². The van der Waals surface area contributed by atoms with Crippen LogP contribution in [-0.2, 0) is 4.74 Å². The Morgan fingerprint density at radius 3 is 2.48 bits per heavy atom. The summed E-state index contributed by atoms with van der Waals surface area (Å²) in [5, 5.41) is 3.43. The van der Waals surface area contributed by atoms with Crippen LogP contribution in [0.3, 0.4) is 0 Å². The Hall–Kier alpha value is -1.02. The number of piperazine rings is 1. The molecule has 23 heavy (non-hydrogen) atoms. The Morgan fingerprint density at radius 2 is 1.87 bits per heavy atom. The van der Waals surface area contributed by atoms with Crippen LogP contribution in [0.4, 0.5) is 5.69 Å². The monoisotopic (exact) mass is 432 g/mol. The quantitative estimate of drug-likeness (QED) is 0.325. The Labute approximate surface area is 157 Å². The van der Waals surface area contributed by atoms with Gasteiger partial charge in [0.2, 0.25) is 0 Å². The number of nitrogens with one attached hydrogen (secondary N) is 1. The molecule has 1 aromatic rings. The molecule has 6 heteroatoms. The van der Waals surface area contributed by atoms with Crippen molar-refractivity contribution in [1.82, 2.24) is 10.2 Å². The Bertz CT molecular complexity index is 447. The highest BCUT2D eigenvalue weighted by molar-refractivity contribution is 14.0. The summed E-state index contributed by atoms with van der Waals surface area (Å²) in [6, 6.07) is 10.6. The van der Waals surface area contributed by atoms with Crippen LogP contribution in [0.2, 0.25) is 0 Å². The van der Waals surface area contributed by atoms with Gasteiger partial charge in [0, 0.05) is 58.7 Å². The van der Waals surface area contributed by atoms with Gasteiger partial charge in [0.15, 0.2) is 5.96 Å². The number of nitrogens with zero attached hydrogens (tertiary/aromatic N) is 3. The SMILES string of the molecule is CCOCCCNC(=NC)N1CCN(c2ccccc2)CC1.I. The number of hydrogen-bond acceptors (Lipinski definition) is 3. The highest BCUT2D eigenvalue weighted by Crippen LogP contribution is 2.15. The first-order valence-corrected chi connectivity index (χ1v) is 8.18. The molecule has 1 aliphatic heterocycles. The van der Waals surface area contributed by atoms with Gasteiger partial charge >= 0.3 is 0 Å². The molecule has 1 aliphatic rings. The third-order valence-corrected chi connectivity index (χ3v) is 3.87. The van der Waals surface area contributed by atoms with E-state index in [0.717, 1.165) is 58.3 Å². The van der Waals surface area contributed by atoms with Gasteiger partial charge in [-0.25, -0.2) is 0 Å². The van der Waals surface area contributed by atoms with E-state index in [1.54, 1.807) is 0 Å². The first-order valence-electron chi connectivity index (χ1n) is 8.18. The first-order chi connectivity index (χ1) is 10.8. The van der Waals surface area contributed by atoms with Crippen LogP contribution in [0.1, 0.15) is 13.3 Å². The first kappa shape index (κ1) is 20.0. The smallest absolute Gasteiger partial charge is 0.193 e. The summed E-state index contributed by atoms with van der Waals surface area (Å²) in [7, 11) is 1.86. The molecule has 2 rings (SSSR count). The predicted molar refractivity (Wildman–Crippen MR) is 108 cm³/mol. The van der Waals surface area contributed by atoms with E-state index >= 15 is 0 Å². The van der Waals surface area contributed by atoms with E-state index in [1.165, 1.54) is 5.69 Å². The molecule has 1 aromatic carbocycles. The number of anilines is 1. The molecule has 1 fully saturated rings. The molecule has 0 amide bonds. The number of guanidine groups is 1. The zero-order valence-corrected chi connectivity index (χ0v) is 16.5. The summed E-state index contributed by atoms with van der Waals surface area (Å²) in [4.78, 5) is 9.16. The molecule has 0 aliphatic carbocycles. The fourth-order valence-corrected chi connectivity index (χ4v) is 2.67. The third-order valence-electron chi connectivity index (χ3n) is 3.87. The summed E-state index contributed by atoms with van der Waals surface area (Å²) < 4.78 is 5.36. The van der Waals surface area contributed by atoms with Gasteiger partial charge in [-0.3, -0.25) is 4.99 Å². The van der Waals surface area contributed by atoms with Gasteiger partial charge in [0.1, 0.15) is 0 Å². The van der Waals surface area contributed by atoms with Crippen LogP contribution in [0, 0.1) is 0 Å². The molecular weight excluding hydrogens is 403 g/mol. The standard InChI is InChI=1S/C17H28N4O.HI/c1-3-22-15-7-10-19-17(18-2)21-13-11-20(12-14-21)16-8-5-4-6-9-16;/h4-6,8-9H,3,7,10-15H2,1-2H3,(H,18,19);1H. The number of halogens is 1. The Kier molecular flexibility index (Phi) is 10.0. The molecule has 0 atom stereocenters. The second-order valence-electron chi connectivity index (χ2n) is 5.33. The van der Waals surface area contributed by atoms with Crippen LogP contribution >= 0.6 is 24.0 Å². The maximum absolute atomic E-state index is 5.36. The summed E-state index contributed by atoms with van der Waals surface area (Å²) in [6.07, 6.45) is 1.01. The predicted octanol–water partition coefficient (Wildman–Crippen LogP) is 2.43. The number of benzene rings is 1. The minimum atomic E-state index is 0. The summed E-state index contributed by atoms with van der Waals surface area (Å²) in [5.74, 6) is 1.00. The van der Waals surface area contributed by atoms with Crippen molar-refractivity contribution in [1.29, 1.82) is 0 Å². The van der Waals surface area contributed by atoms with E-state index < -0.39 is 0 Å². The van der Waals surface area contributed by atoms with E-state index in [2.05, 4.69) is 50.4 Å². The van der Waals surface area contributed by atoms with Crippen LogP contribution in [0.5, 0.6) is 0 Å². The van der Waals surface area contributed by atoms with Crippen molar-refractivity contribution in [3.63, 3.8) is 0 Å². The summed E-state index contributed by atoms with van der Waals surface area (Å²) >= 11 is 0. The number of para-hydroxylation sites is 1. The molecule has 0 radical (unpaired) electrons. The summed E-state index contributed by atoms with van der Waals surface area (Å²) in [6.45, 7) is 8.59. The van der Waals surface area contributed by atoms with Gasteiger partial charge in [0.05, 0.1) is 0 Å². The summed E-state index contributed by atoms with van der Waals surface area (Å²) in [5.41, 5.74) is 1.31. The Morgan fingerprint density at radius 1 is 1.17 bits per heavy atom. The lowest BCUT2D eigenvalue weighted by Crippen LogP contribution is -2.52. The highest BCUT2D eigenvalue weighted by Gasteiger charge is 2.19. The molecule has 0 saturated carbocycles. The lowest BCUT2D eigenvalue weighted by Gasteiger charge is -2.37. The molecule has 5 nitrogen and oxygen atoms in total. The fourth-order valence-electron chi connectivity index (χ4n) is 2.67. The Balaban J connectivity index is 0.00000264. The average molecular weight is 432 g/mol. The van der Waals surface area contributed by atoms with Crippen LogP contribution in [-0.4, -0.2) is 63.8 Å². The van der Waals surface area contributed by atoms with E-state index in [0.29, 0.717) is 0 Å². The van der Waals surface area contributed by atoms with Crippen molar-refractivity contribution in [3.8, 4) is 0 Å². The average Bonchev–Trinajstić information content (AvgIpc) is 2.59. The van der Waals surface area contributed by atoms with Gasteiger partial charge in [-0.2, -0.15) is 0 Å². The minimum absolute atomic E-state index is 0. The maximum Gasteiger partial charge on any atom is 0.193 e. The second-order valence-corrected chi connectivity index (χ2v) is 5.33. The van der Waals surface area contributed by atoms with Crippen molar-refractivity contribution in [2.75, 3.05) is 57.9 Å². The number of aliphatic imine (C=N–C) groups is 1. The largest absolute Gasteiger partial charge is 0.382 e. The van der Waals surface area contributed by atoms with Crippen molar-refractivity contribution in [3.05, 3.63) is 30.3 Å². The lowest BCUT2D eigenvalue weighted by molar-refractivity contribution is 0.145. The minimum Gasteiger partial charge on any atom is -0.382 e. The van der Waals surface area contributed by atoms with E-state index in [9.17, 15) is 0 Å².